The second-order valence-electron chi connectivity index (χ2n) is 9.31. The van der Waals surface area contributed by atoms with Crippen molar-refractivity contribution in [1.82, 2.24) is 24.9 Å². The first kappa shape index (κ1) is 24.9. The summed E-state index contributed by atoms with van der Waals surface area (Å²) in [4.78, 5) is 26.4. The summed E-state index contributed by atoms with van der Waals surface area (Å²) in [7, 11) is 1.87. The van der Waals surface area contributed by atoms with Gasteiger partial charge in [-0.25, -0.2) is 0 Å². The van der Waals surface area contributed by atoms with Gasteiger partial charge in [0.05, 0.1) is 6.54 Å². The molecule has 0 radical (unpaired) electrons. The monoisotopic (exact) mass is 422 g/mol. The van der Waals surface area contributed by atoms with Crippen molar-refractivity contribution in [3.63, 3.8) is 0 Å². The van der Waals surface area contributed by atoms with Crippen molar-refractivity contribution in [3.05, 3.63) is 0 Å². The Morgan fingerprint density at radius 3 is 2.03 bits per heavy atom. The summed E-state index contributed by atoms with van der Waals surface area (Å²) in [6.45, 7) is 17.3. The highest BCUT2D eigenvalue weighted by Crippen LogP contribution is 2.11. The maximum absolute atomic E-state index is 12.6. The summed E-state index contributed by atoms with van der Waals surface area (Å²) in [6.07, 6.45) is 5.96. The number of hydrogen-bond donors (Lipinski definition) is 1. The normalized spacial score (nSPS) is 19.7. The Bertz CT molecular complexity index is 512. The minimum absolute atomic E-state index is 0.313. The van der Waals surface area contributed by atoms with E-state index in [4.69, 9.17) is 0 Å². The third-order valence-electron chi connectivity index (χ3n) is 6.40. The van der Waals surface area contributed by atoms with Crippen molar-refractivity contribution in [2.75, 3.05) is 66.0 Å². The van der Waals surface area contributed by atoms with Crippen LogP contribution < -0.4 is 5.32 Å². The molecule has 0 atom stereocenters. The Balaban J connectivity index is 1.69. The Hall–Kier alpha value is -1.34. The molecule has 2 rings (SSSR count). The minimum atomic E-state index is 0.313. The van der Waals surface area contributed by atoms with E-state index < -0.39 is 0 Å². The highest BCUT2D eigenvalue weighted by Gasteiger charge is 2.23. The molecule has 0 aromatic carbocycles. The van der Waals surface area contributed by atoms with Crippen molar-refractivity contribution in [2.45, 2.75) is 71.9 Å². The summed E-state index contributed by atoms with van der Waals surface area (Å²) in [5, 5.41) is 3.54. The van der Waals surface area contributed by atoms with E-state index in [-0.39, 0.29) is 0 Å². The van der Waals surface area contributed by atoms with Gasteiger partial charge in [0.15, 0.2) is 5.96 Å². The lowest BCUT2D eigenvalue weighted by atomic mass is 10.2. The molecule has 0 aromatic heterocycles. The van der Waals surface area contributed by atoms with Crippen LogP contribution in [0.1, 0.15) is 59.8 Å². The van der Waals surface area contributed by atoms with Gasteiger partial charge in [-0.1, -0.05) is 12.8 Å². The summed E-state index contributed by atoms with van der Waals surface area (Å²) in [6, 6.07) is 1.16. The zero-order valence-corrected chi connectivity index (χ0v) is 20.2. The van der Waals surface area contributed by atoms with E-state index in [1.54, 1.807) is 0 Å². The van der Waals surface area contributed by atoms with E-state index in [0.29, 0.717) is 24.5 Å². The summed E-state index contributed by atoms with van der Waals surface area (Å²) in [5.41, 5.74) is 0. The molecule has 1 amide bonds. The number of nitrogens with zero attached hydrogens (tertiary/aromatic N) is 5. The van der Waals surface area contributed by atoms with Gasteiger partial charge in [0.1, 0.15) is 0 Å². The van der Waals surface area contributed by atoms with Crippen LogP contribution >= 0.6 is 0 Å². The maximum atomic E-state index is 12.6. The highest BCUT2D eigenvalue weighted by atomic mass is 16.2. The molecule has 7 heteroatoms. The molecule has 0 aromatic rings. The zero-order valence-electron chi connectivity index (χ0n) is 20.2. The number of guanidine groups is 1. The van der Waals surface area contributed by atoms with Crippen LogP contribution in [0.3, 0.4) is 0 Å². The third kappa shape index (κ3) is 8.06. The smallest absolute Gasteiger partial charge is 0.236 e. The van der Waals surface area contributed by atoms with Crippen LogP contribution in [0.25, 0.3) is 0 Å². The number of likely N-dealkylation sites (tertiary alicyclic amines) is 1. The predicted molar refractivity (Wildman–Crippen MR) is 126 cm³/mol. The average Bonchev–Trinajstić information content (AvgIpc) is 3.00. The second-order valence-corrected chi connectivity index (χ2v) is 9.31. The number of amides is 1. The number of hydrogen-bond acceptors (Lipinski definition) is 4. The van der Waals surface area contributed by atoms with Crippen LogP contribution in [0.15, 0.2) is 4.99 Å². The van der Waals surface area contributed by atoms with E-state index >= 15 is 0 Å². The van der Waals surface area contributed by atoms with Gasteiger partial charge in [0.2, 0.25) is 5.91 Å². The molecule has 0 spiro atoms. The highest BCUT2D eigenvalue weighted by molar-refractivity contribution is 5.80. The van der Waals surface area contributed by atoms with Crippen LogP contribution in [-0.2, 0) is 4.79 Å². The Labute approximate surface area is 184 Å². The predicted octanol–water partition coefficient (Wildman–Crippen LogP) is 2.09. The van der Waals surface area contributed by atoms with Gasteiger partial charge in [-0.05, 0) is 47.0 Å². The summed E-state index contributed by atoms with van der Waals surface area (Å²) < 4.78 is 0. The van der Waals surface area contributed by atoms with Crippen molar-refractivity contribution in [2.24, 2.45) is 4.99 Å². The Morgan fingerprint density at radius 2 is 1.50 bits per heavy atom. The molecule has 0 aliphatic carbocycles. The Kier molecular flexibility index (Phi) is 10.9. The van der Waals surface area contributed by atoms with Crippen LogP contribution in [0.4, 0.5) is 0 Å². The molecule has 2 aliphatic heterocycles. The number of rotatable bonds is 8. The molecule has 0 saturated carbocycles. The fraction of sp³-hybridized carbons (Fsp3) is 0.913. The number of aliphatic imine (C=N–C) groups is 1. The quantitative estimate of drug-likeness (QED) is 0.369. The lowest BCUT2D eigenvalue weighted by molar-refractivity contribution is -0.132. The van der Waals surface area contributed by atoms with E-state index in [1.165, 1.54) is 12.8 Å². The van der Waals surface area contributed by atoms with Crippen LogP contribution in [0.5, 0.6) is 0 Å². The van der Waals surface area contributed by atoms with E-state index in [2.05, 4.69) is 57.6 Å². The van der Waals surface area contributed by atoms with Crippen molar-refractivity contribution < 1.29 is 4.79 Å². The van der Waals surface area contributed by atoms with E-state index in [1.807, 2.05) is 7.05 Å². The van der Waals surface area contributed by atoms with Gasteiger partial charge in [-0.15, -0.1) is 0 Å². The van der Waals surface area contributed by atoms with Crippen LogP contribution in [0.2, 0.25) is 0 Å². The summed E-state index contributed by atoms with van der Waals surface area (Å²) >= 11 is 0. The molecule has 2 saturated heterocycles. The number of carbonyl (C=O) groups excluding carboxylic acids is 1. The van der Waals surface area contributed by atoms with E-state index in [9.17, 15) is 4.79 Å². The molecule has 2 aliphatic rings. The topological polar surface area (TPSA) is 54.4 Å². The summed E-state index contributed by atoms with van der Waals surface area (Å²) in [5.74, 6) is 1.31. The average molecular weight is 423 g/mol. The van der Waals surface area contributed by atoms with Gasteiger partial charge in [-0.3, -0.25) is 19.6 Å². The molecule has 0 unspecified atom stereocenters. The fourth-order valence-electron chi connectivity index (χ4n) is 4.64. The molecular weight excluding hydrogens is 376 g/mol. The zero-order chi connectivity index (χ0) is 21.9. The maximum Gasteiger partial charge on any atom is 0.236 e. The van der Waals surface area contributed by atoms with Gasteiger partial charge in [0.25, 0.3) is 0 Å². The lowest BCUT2D eigenvalue weighted by Gasteiger charge is -2.37. The third-order valence-corrected chi connectivity index (χ3v) is 6.40. The molecule has 174 valence electrons. The van der Waals surface area contributed by atoms with Crippen molar-refractivity contribution >= 4 is 11.9 Å². The first-order valence-electron chi connectivity index (χ1n) is 12.1. The lowest BCUT2D eigenvalue weighted by Crippen LogP contribution is -2.54. The number of nitrogens with one attached hydrogen (secondary N) is 1. The molecule has 7 nitrogen and oxygen atoms in total. The standard InChI is InChI=1S/C23H46N6O/c1-20(2)29(21(3)4)14-10-11-25-23(24-5)28-17-15-26(16-18-28)19-22(30)27-12-8-6-7-9-13-27/h20-21H,6-19H2,1-5H3,(H,24,25). The first-order valence-corrected chi connectivity index (χ1v) is 12.1. The molecule has 2 heterocycles. The van der Waals surface area contributed by atoms with Crippen LogP contribution in [-0.4, -0.2) is 110 Å². The van der Waals surface area contributed by atoms with Gasteiger partial charge in [-0.2, -0.15) is 0 Å². The largest absolute Gasteiger partial charge is 0.356 e. The second kappa shape index (κ2) is 13.2. The van der Waals surface area contributed by atoms with Crippen molar-refractivity contribution in [3.8, 4) is 0 Å². The Morgan fingerprint density at radius 1 is 0.900 bits per heavy atom. The van der Waals surface area contributed by atoms with Gasteiger partial charge < -0.3 is 15.1 Å². The van der Waals surface area contributed by atoms with Gasteiger partial charge >= 0.3 is 0 Å². The molecule has 2 fully saturated rings. The van der Waals surface area contributed by atoms with Crippen LogP contribution in [0, 0.1) is 0 Å². The SMILES string of the molecule is CN=C(NCCCN(C(C)C)C(C)C)N1CCN(CC(=O)N2CCCCCC2)CC1. The number of piperazine rings is 1. The number of carbonyl (C=O) groups is 1. The first-order chi connectivity index (χ1) is 14.4. The molecular formula is C23H46N6O. The molecule has 0 bridgehead atoms. The molecule has 1 N–H and O–H groups in total. The minimum Gasteiger partial charge on any atom is -0.356 e. The molecule has 30 heavy (non-hydrogen) atoms. The van der Waals surface area contributed by atoms with E-state index in [0.717, 1.165) is 77.6 Å². The van der Waals surface area contributed by atoms with Gasteiger partial charge in [0, 0.05) is 71.5 Å². The van der Waals surface area contributed by atoms with Crippen molar-refractivity contribution in [1.29, 1.82) is 0 Å². The fourth-order valence-corrected chi connectivity index (χ4v) is 4.64.